The van der Waals surface area contributed by atoms with E-state index in [1.165, 1.54) is 25.0 Å². The summed E-state index contributed by atoms with van der Waals surface area (Å²) in [4.78, 5) is 8.08. The van der Waals surface area contributed by atoms with Gasteiger partial charge < -0.3 is 10.0 Å². The van der Waals surface area contributed by atoms with Crippen molar-refractivity contribution < 1.29 is 5.11 Å². The minimum Gasteiger partial charge on any atom is -0.391 e. The second kappa shape index (κ2) is 4.25. The van der Waals surface area contributed by atoms with Crippen molar-refractivity contribution in [3.8, 4) is 0 Å². The Morgan fingerprint density at radius 2 is 2.18 bits per heavy atom. The summed E-state index contributed by atoms with van der Waals surface area (Å²) in [5.41, 5.74) is 1.17. The molecular formula is C13H20N2OS. The summed E-state index contributed by atoms with van der Waals surface area (Å²) in [5, 5.41) is 10.5. The van der Waals surface area contributed by atoms with Crippen LogP contribution in [0.25, 0.3) is 0 Å². The molecule has 0 aromatic carbocycles. The molecule has 1 aromatic rings. The molecular weight excluding hydrogens is 232 g/mol. The van der Waals surface area contributed by atoms with Crippen molar-refractivity contribution in [2.45, 2.75) is 38.7 Å². The standard InChI is InChI=1S/C13H20N2OS/c1-8-5-10(8)6-15(2)13-14-12(9-3-4-9)11(7-16)17-13/h8-10,16H,3-7H2,1-2H3. The van der Waals surface area contributed by atoms with E-state index >= 15 is 0 Å². The third-order valence-corrected chi connectivity index (χ3v) is 5.11. The van der Waals surface area contributed by atoms with Crippen molar-refractivity contribution in [2.75, 3.05) is 18.5 Å². The summed E-state index contributed by atoms with van der Waals surface area (Å²) in [6.45, 7) is 3.58. The van der Waals surface area contributed by atoms with E-state index in [0.29, 0.717) is 5.92 Å². The molecule has 2 unspecified atom stereocenters. The van der Waals surface area contributed by atoms with Gasteiger partial charge in [0.15, 0.2) is 5.13 Å². The normalized spacial score (nSPS) is 27.2. The summed E-state index contributed by atoms with van der Waals surface area (Å²) in [7, 11) is 2.13. The van der Waals surface area contributed by atoms with Crippen LogP contribution in [-0.4, -0.2) is 23.7 Å². The van der Waals surface area contributed by atoms with Crippen LogP contribution in [-0.2, 0) is 6.61 Å². The van der Waals surface area contributed by atoms with Crippen molar-refractivity contribution in [3.63, 3.8) is 0 Å². The van der Waals surface area contributed by atoms with Gasteiger partial charge in [0.2, 0.25) is 0 Å². The Balaban J connectivity index is 1.72. The number of thiazole rings is 1. The van der Waals surface area contributed by atoms with Crippen molar-refractivity contribution in [1.82, 2.24) is 4.98 Å². The first kappa shape index (κ1) is 11.5. The monoisotopic (exact) mass is 252 g/mol. The summed E-state index contributed by atoms with van der Waals surface area (Å²) in [6.07, 6.45) is 3.86. The second-order valence-electron chi connectivity index (χ2n) is 5.59. The van der Waals surface area contributed by atoms with Gasteiger partial charge in [-0.15, -0.1) is 0 Å². The Bertz CT molecular complexity index is 414. The molecule has 17 heavy (non-hydrogen) atoms. The highest BCUT2D eigenvalue weighted by molar-refractivity contribution is 7.15. The van der Waals surface area contributed by atoms with Crippen LogP contribution in [0, 0.1) is 11.8 Å². The van der Waals surface area contributed by atoms with Crippen molar-refractivity contribution in [2.24, 2.45) is 11.8 Å². The first-order chi connectivity index (χ1) is 8.19. The summed E-state index contributed by atoms with van der Waals surface area (Å²) in [5.74, 6) is 2.37. The zero-order chi connectivity index (χ0) is 12.0. The number of aliphatic hydroxyl groups excluding tert-OH is 1. The zero-order valence-electron chi connectivity index (χ0n) is 10.5. The van der Waals surface area contributed by atoms with E-state index in [9.17, 15) is 5.11 Å². The van der Waals surface area contributed by atoms with Gasteiger partial charge in [0, 0.05) is 19.5 Å². The molecule has 0 saturated heterocycles. The van der Waals surface area contributed by atoms with Crippen LogP contribution in [0.3, 0.4) is 0 Å². The highest BCUT2D eigenvalue weighted by Gasteiger charge is 2.34. The van der Waals surface area contributed by atoms with Gasteiger partial charge in [-0.1, -0.05) is 18.3 Å². The lowest BCUT2D eigenvalue weighted by molar-refractivity contribution is 0.284. The van der Waals surface area contributed by atoms with Crippen LogP contribution in [0.15, 0.2) is 0 Å². The fraction of sp³-hybridized carbons (Fsp3) is 0.769. The molecule has 0 radical (unpaired) electrons. The maximum atomic E-state index is 9.38. The highest BCUT2D eigenvalue weighted by Crippen LogP contribution is 2.45. The Morgan fingerprint density at radius 3 is 2.71 bits per heavy atom. The Morgan fingerprint density at radius 1 is 1.47 bits per heavy atom. The molecule has 3 nitrogen and oxygen atoms in total. The molecule has 4 heteroatoms. The maximum Gasteiger partial charge on any atom is 0.185 e. The van der Waals surface area contributed by atoms with Crippen LogP contribution in [0.1, 0.15) is 42.7 Å². The second-order valence-corrected chi connectivity index (χ2v) is 6.65. The maximum absolute atomic E-state index is 9.38. The summed E-state index contributed by atoms with van der Waals surface area (Å²) >= 11 is 1.67. The predicted molar refractivity (Wildman–Crippen MR) is 70.6 cm³/mol. The van der Waals surface area contributed by atoms with Gasteiger partial charge in [-0.05, 0) is 31.1 Å². The fourth-order valence-corrected chi connectivity index (χ4v) is 3.36. The number of rotatable bonds is 5. The highest BCUT2D eigenvalue weighted by atomic mass is 32.1. The number of hydrogen-bond acceptors (Lipinski definition) is 4. The van der Waals surface area contributed by atoms with E-state index in [2.05, 4.69) is 18.9 Å². The van der Waals surface area contributed by atoms with Crippen LogP contribution in [0.4, 0.5) is 5.13 Å². The Labute approximate surface area is 106 Å². The average molecular weight is 252 g/mol. The number of aliphatic hydroxyl groups is 1. The molecule has 0 amide bonds. The van der Waals surface area contributed by atoms with Crippen LogP contribution >= 0.6 is 11.3 Å². The third kappa shape index (κ3) is 2.33. The van der Waals surface area contributed by atoms with Gasteiger partial charge >= 0.3 is 0 Å². The first-order valence-corrected chi connectivity index (χ1v) is 7.32. The van der Waals surface area contributed by atoms with Crippen molar-refractivity contribution in [3.05, 3.63) is 10.6 Å². The SMILES string of the molecule is CC1CC1CN(C)c1nc(C2CC2)c(CO)s1. The van der Waals surface area contributed by atoms with E-state index in [1.807, 2.05) is 0 Å². The van der Waals surface area contributed by atoms with Crippen molar-refractivity contribution >= 4 is 16.5 Å². The molecule has 1 N–H and O–H groups in total. The van der Waals surface area contributed by atoms with E-state index in [-0.39, 0.29) is 6.61 Å². The minimum absolute atomic E-state index is 0.150. The van der Waals surface area contributed by atoms with Gasteiger partial charge in [-0.3, -0.25) is 0 Å². The quantitative estimate of drug-likeness (QED) is 0.875. The third-order valence-electron chi connectivity index (χ3n) is 3.93. The first-order valence-electron chi connectivity index (χ1n) is 6.50. The summed E-state index contributed by atoms with van der Waals surface area (Å²) in [6, 6.07) is 0. The molecule has 2 fully saturated rings. The number of hydrogen-bond donors (Lipinski definition) is 1. The smallest absolute Gasteiger partial charge is 0.185 e. The lowest BCUT2D eigenvalue weighted by atomic mass is 10.2. The van der Waals surface area contributed by atoms with Crippen molar-refractivity contribution in [1.29, 1.82) is 0 Å². The fourth-order valence-electron chi connectivity index (χ4n) is 2.39. The van der Waals surface area contributed by atoms with Gasteiger partial charge in [0.05, 0.1) is 17.2 Å². The average Bonchev–Trinajstić information content (AvgIpc) is 3.21. The van der Waals surface area contributed by atoms with E-state index in [0.717, 1.165) is 28.4 Å². The molecule has 0 bridgehead atoms. The largest absolute Gasteiger partial charge is 0.391 e. The van der Waals surface area contributed by atoms with Gasteiger partial charge in [-0.25, -0.2) is 4.98 Å². The van der Waals surface area contributed by atoms with Gasteiger partial charge in [-0.2, -0.15) is 0 Å². The molecule has 1 aromatic heterocycles. The molecule has 94 valence electrons. The predicted octanol–water partition coefficient (Wildman–Crippen LogP) is 2.61. The van der Waals surface area contributed by atoms with Crippen LogP contribution < -0.4 is 4.90 Å². The molecule has 2 aliphatic carbocycles. The van der Waals surface area contributed by atoms with E-state index < -0.39 is 0 Å². The van der Waals surface area contributed by atoms with Crippen LogP contribution in [0.5, 0.6) is 0 Å². The minimum atomic E-state index is 0.150. The molecule has 0 spiro atoms. The number of aromatic nitrogens is 1. The molecule has 2 saturated carbocycles. The molecule has 0 aliphatic heterocycles. The van der Waals surface area contributed by atoms with Gasteiger partial charge in [0.25, 0.3) is 0 Å². The lowest BCUT2D eigenvalue weighted by Gasteiger charge is -2.15. The zero-order valence-corrected chi connectivity index (χ0v) is 11.3. The summed E-state index contributed by atoms with van der Waals surface area (Å²) < 4.78 is 0. The number of nitrogens with zero attached hydrogens (tertiary/aromatic N) is 2. The lowest BCUT2D eigenvalue weighted by Crippen LogP contribution is -2.20. The molecule has 1 heterocycles. The topological polar surface area (TPSA) is 36.4 Å². The van der Waals surface area contributed by atoms with Gasteiger partial charge in [0.1, 0.15) is 0 Å². The van der Waals surface area contributed by atoms with E-state index in [4.69, 9.17) is 4.98 Å². The molecule has 2 aliphatic rings. The Kier molecular flexibility index (Phi) is 2.87. The van der Waals surface area contributed by atoms with E-state index in [1.54, 1.807) is 11.3 Å². The number of anilines is 1. The molecule has 3 rings (SSSR count). The Hall–Kier alpha value is -0.610. The molecule has 2 atom stereocenters. The van der Waals surface area contributed by atoms with Crippen LogP contribution in [0.2, 0.25) is 0 Å².